The third-order valence-electron chi connectivity index (χ3n) is 4.83. The van der Waals surface area contributed by atoms with Crippen molar-refractivity contribution < 1.29 is 4.74 Å². The van der Waals surface area contributed by atoms with Crippen molar-refractivity contribution in [2.75, 3.05) is 0 Å². The molecule has 1 aliphatic carbocycles. The van der Waals surface area contributed by atoms with Crippen molar-refractivity contribution in [1.29, 1.82) is 0 Å². The first kappa shape index (κ1) is 13.6. The summed E-state index contributed by atoms with van der Waals surface area (Å²) in [6.45, 7) is 0. The van der Waals surface area contributed by atoms with Crippen LogP contribution in [0.3, 0.4) is 0 Å². The SMILES string of the molecule is Clc1ccc(C2(C3CC3)C=Cc3ccc4ccccc4c3O2)s1. The highest BCUT2D eigenvalue weighted by Crippen LogP contribution is 2.54. The van der Waals surface area contributed by atoms with Gasteiger partial charge in [0.15, 0.2) is 5.60 Å². The topological polar surface area (TPSA) is 9.23 Å². The molecular formula is C20H15ClOS. The predicted molar refractivity (Wildman–Crippen MR) is 97.3 cm³/mol. The third-order valence-corrected chi connectivity index (χ3v) is 6.20. The van der Waals surface area contributed by atoms with E-state index in [0.717, 1.165) is 15.6 Å². The van der Waals surface area contributed by atoms with E-state index >= 15 is 0 Å². The zero-order valence-corrected chi connectivity index (χ0v) is 14.0. The van der Waals surface area contributed by atoms with Crippen LogP contribution in [0.1, 0.15) is 23.3 Å². The van der Waals surface area contributed by atoms with E-state index in [0.29, 0.717) is 5.92 Å². The molecule has 1 nitrogen and oxygen atoms in total. The molecule has 23 heavy (non-hydrogen) atoms. The number of benzene rings is 2. The van der Waals surface area contributed by atoms with Gasteiger partial charge in [0.25, 0.3) is 0 Å². The zero-order chi connectivity index (χ0) is 15.4. The van der Waals surface area contributed by atoms with Gasteiger partial charge in [-0.05, 0) is 36.4 Å². The highest BCUT2D eigenvalue weighted by atomic mass is 35.5. The molecule has 0 spiro atoms. The molecule has 1 aromatic heterocycles. The first-order valence-electron chi connectivity index (χ1n) is 7.92. The fourth-order valence-electron chi connectivity index (χ4n) is 3.51. The first-order valence-corrected chi connectivity index (χ1v) is 9.11. The third kappa shape index (κ3) is 2.05. The van der Waals surface area contributed by atoms with Gasteiger partial charge >= 0.3 is 0 Å². The van der Waals surface area contributed by atoms with E-state index < -0.39 is 0 Å². The minimum Gasteiger partial charge on any atom is -0.476 e. The predicted octanol–water partition coefficient (Wildman–Crippen LogP) is 6.27. The van der Waals surface area contributed by atoms with Crippen molar-refractivity contribution in [3.63, 3.8) is 0 Å². The molecular weight excluding hydrogens is 324 g/mol. The van der Waals surface area contributed by atoms with Crippen LogP contribution in [0.15, 0.2) is 54.6 Å². The molecule has 1 saturated carbocycles. The Morgan fingerprint density at radius 2 is 1.91 bits per heavy atom. The molecule has 2 aliphatic rings. The Hall–Kier alpha value is -1.77. The number of rotatable bonds is 2. The van der Waals surface area contributed by atoms with Crippen LogP contribution in [-0.2, 0) is 5.60 Å². The Morgan fingerprint density at radius 1 is 1.04 bits per heavy atom. The molecule has 1 unspecified atom stereocenters. The van der Waals surface area contributed by atoms with Crippen LogP contribution in [0.25, 0.3) is 16.8 Å². The monoisotopic (exact) mass is 338 g/mol. The summed E-state index contributed by atoms with van der Waals surface area (Å²) in [4.78, 5) is 1.21. The van der Waals surface area contributed by atoms with E-state index in [9.17, 15) is 0 Å². The fraction of sp³-hybridized carbons (Fsp3) is 0.200. The summed E-state index contributed by atoms with van der Waals surface area (Å²) in [5.41, 5.74) is 0.803. The fourth-order valence-corrected chi connectivity index (χ4v) is 4.74. The summed E-state index contributed by atoms with van der Waals surface area (Å²) >= 11 is 7.83. The quantitative estimate of drug-likeness (QED) is 0.535. The summed E-state index contributed by atoms with van der Waals surface area (Å²) in [7, 11) is 0. The van der Waals surface area contributed by atoms with Gasteiger partial charge in [0.2, 0.25) is 0 Å². The maximum absolute atomic E-state index is 6.72. The van der Waals surface area contributed by atoms with Gasteiger partial charge in [-0.15, -0.1) is 11.3 Å². The summed E-state index contributed by atoms with van der Waals surface area (Å²) < 4.78 is 7.54. The lowest BCUT2D eigenvalue weighted by atomic mass is 9.90. The van der Waals surface area contributed by atoms with E-state index in [1.54, 1.807) is 11.3 Å². The number of hydrogen-bond acceptors (Lipinski definition) is 2. The molecule has 0 saturated heterocycles. The first-order chi connectivity index (χ1) is 11.3. The van der Waals surface area contributed by atoms with Gasteiger partial charge in [0.05, 0.1) is 9.21 Å². The largest absolute Gasteiger partial charge is 0.476 e. The van der Waals surface area contributed by atoms with E-state index in [1.165, 1.54) is 28.5 Å². The molecule has 2 heterocycles. The highest BCUT2D eigenvalue weighted by Gasteiger charge is 2.49. The number of thiophene rings is 1. The van der Waals surface area contributed by atoms with Gasteiger partial charge in [-0.2, -0.15) is 0 Å². The van der Waals surface area contributed by atoms with Crippen molar-refractivity contribution >= 4 is 39.8 Å². The molecule has 1 atom stereocenters. The lowest BCUT2D eigenvalue weighted by molar-refractivity contribution is 0.0975. The summed E-state index contributed by atoms with van der Waals surface area (Å²) in [6.07, 6.45) is 6.88. The van der Waals surface area contributed by atoms with Gasteiger partial charge in [0.1, 0.15) is 5.75 Å². The van der Waals surface area contributed by atoms with Gasteiger partial charge in [-0.25, -0.2) is 0 Å². The summed E-state index contributed by atoms with van der Waals surface area (Å²) in [5.74, 6) is 1.54. The Balaban J connectivity index is 1.72. The van der Waals surface area contributed by atoms with Crippen LogP contribution < -0.4 is 4.74 Å². The van der Waals surface area contributed by atoms with Crippen molar-refractivity contribution in [3.8, 4) is 5.75 Å². The van der Waals surface area contributed by atoms with E-state index in [4.69, 9.17) is 16.3 Å². The van der Waals surface area contributed by atoms with Crippen LogP contribution >= 0.6 is 22.9 Å². The van der Waals surface area contributed by atoms with E-state index in [-0.39, 0.29) is 5.60 Å². The molecule has 0 N–H and O–H groups in total. The lowest BCUT2D eigenvalue weighted by Crippen LogP contribution is -2.34. The molecule has 3 aromatic rings. The molecule has 114 valence electrons. The number of halogens is 1. The molecule has 0 bridgehead atoms. The van der Waals surface area contributed by atoms with Crippen LogP contribution in [0.5, 0.6) is 5.75 Å². The molecule has 5 rings (SSSR count). The molecule has 3 heteroatoms. The standard InChI is InChI=1S/C20H15ClOS/c21-18-10-9-17(23-18)20(15-7-8-15)12-11-14-6-5-13-3-1-2-4-16(13)19(14)22-20/h1-6,9-12,15H,7-8H2. The van der Waals surface area contributed by atoms with Crippen molar-refractivity contribution in [2.45, 2.75) is 18.4 Å². The Labute approximate surface area is 144 Å². The second-order valence-electron chi connectivity index (χ2n) is 6.31. The summed E-state index contributed by atoms with van der Waals surface area (Å²) in [5, 5.41) is 2.40. The molecule has 1 aliphatic heterocycles. The second kappa shape index (κ2) is 4.86. The van der Waals surface area contributed by atoms with Crippen molar-refractivity contribution in [3.05, 3.63) is 69.4 Å². The summed E-state index contributed by atoms with van der Waals surface area (Å²) in [6, 6.07) is 16.8. The van der Waals surface area contributed by atoms with Gasteiger partial charge in [-0.3, -0.25) is 0 Å². The molecule has 2 aromatic carbocycles. The zero-order valence-electron chi connectivity index (χ0n) is 12.5. The molecule has 0 radical (unpaired) electrons. The number of ether oxygens (including phenoxy) is 1. The minimum absolute atomic E-state index is 0.352. The van der Waals surface area contributed by atoms with Gasteiger partial charge < -0.3 is 4.74 Å². The van der Waals surface area contributed by atoms with Crippen molar-refractivity contribution in [2.24, 2.45) is 5.92 Å². The molecule has 1 fully saturated rings. The Morgan fingerprint density at radius 3 is 2.70 bits per heavy atom. The average molecular weight is 339 g/mol. The highest BCUT2D eigenvalue weighted by molar-refractivity contribution is 7.16. The van der Waals surface area contributed by atoms with Crippen LogP contribution in [0.4, 0.5) is 0 Å². The molecule has 0 amide bonds. The number of fused-ring (bicyclic) bond motifs is 3. The Kier molecular flexibility index (Phi) is 2.88. The maximum Gasteiger partial charge on any atom is 0.164 e. The minimum atomic E-state index is -0.352. The normalized spacial score (nSPS) is 22.8. The van der Waals surface area contributed by atoms with Gasteiger partial charge in [-0.1, -0.05) is 54.1 Å². The second-order valence-corrected chi connectivity index (χ2v) is 8.03. The average Bonchev–Trinajstić information content (AvgIpc) is 3.36. The van der Waals surface area contributed by atoms with Crippen molar-refractivity contribution in [1.82, 2.24) is 0 Å². The van der Waals surface area contributed by atoms with Gasteiger partial charge in [0, 0.05) is 16.9 Å². The maximum atomic E-state index is 6.72. The smallest absolute Gasteiger partial charge is 0.164 e. The van der Waals surface area contributed by atoms with E-state index in [1.807, 2.05) is 6.07 Å². The van der Waals surface area contributed by atoms with Crippen LogP contribution in [0, 0.1) is 5.92 Å². The van der Waals surface area contributed by atoms with Crippen LogP contribution in [0.2, 0.25) is 4.34 Å². The van der Waals surface area contributed by atoms with E-state index in [2.05, 4.69) is 54.6 Å². The Bertz CT molecular complexity index is 938. The van der Waals surface area contributed by atoms with Crippen LogP contribution in [-0.4, -0.2) is 0 Å². The lowest BCUT2D eigenvalue weighted by Gasteiger charge is -2.35. The number of hydrogen-bond donors (Lipinski definition) is 0.